The van der Waals surface area contributed by atoms with Gasteiger partial charge in [-0.15, -0.1) is 0 Å². The van der Waals surface area contributed by atoms with Gasteiger partial charge in [0.1, 0.15) is 5.75 Å². The summed E-state index contributed by atoms with van der Waals surface area (Å²) in [7, 11) is 1.63. The standard InChI is InChI=1S/C12H18O2S/c1-8-6-9(2)12(14-3)10(7-8)11(13)4-5-15/h6-7,11,13,15H,4-5H2,1-3H3. The second kappa shape index (κ2) is 5.42. The molecule has 84 valence electrons. The first-order chi connectivity index (χ1) is 7.10. The Labute approximate surface area is 96.7 Å². The van der Waals surface area contributed by atoms with E-state index in [1.807, 2.05) is 19.9 Å². The number of aryl methyl sites for hydroxylation is 2. The Balaban J connectivity index is 3.13. The number of ether oxygens (including phenoxy) is 1. The van der Waals surface area contributed by atoms with E-state index in [4.69, 9.17) is 4.74 Å². The van der Waals surface area contributed by atoms with Crippen molar-refractivity contribution < 1.29 is 9.84 Å². The topological polar surface area (TPSA) is 29.5 Å². The zero-order valence-corrected chi connectivity index (χ0v) is 10.3. The van der Waals surface area contributed by atoms with Gasteiger partial charge >= 0.3 is 0 Å². The molecule has 0 spiro atoms. The van der Waals surface area contributed by atoms with Gasteiger partial charge in [0.2, 0.25) is 0 Å². The average molecular weight is 226 g/mol. The van der Waals surface area contributed by atoms with Gasteiger partial charge in [-0.1, -0.05) is 11.6 Å². The molecular formula is C12H18O2S. The molecule has 1 rings (SSSR count). The lowest BCUT2D eigenvalue weighted by Gasteiger charge is -2.17. The van der Waals surface area contributed by atoms with Crippen molar-refractivity contribution in [3.05, 3.63) is 28.8 Å². The van der Waals surface area contributed by atoms with Crippen molar-refractivity contribution >= 4 is 12.6 Å². The third-order valence-electron chi connectivity index (χ3n) is 2.41. The largest absolute Gasteiger partial charge is 0.496 e. The number of aliphatic hydroxyl groups excluding tert-OH is 1. The summed E-state index contributed by atoms with van der Waals surface area (Å²) in [5.41, 5.74) is 3.07. The van der Waals surface area contributed by atoms with Gasteiger partial charge in [0.05, 0.1) is 13.2 Å². The molecule has 0 aromatic heterocycles. The van der Waals surface area contributed by atoms with E-state index in [2.05, 4.69) is 18.7 Å². The quantitative estimate of drug-likeness (QED) is 0.773. The first-order valence-corrected chi connectivity index (χ1v) is 5.67. The van der Waals surface area contributed by atoms with E-state index >= 15 is 0 Å². The predicted octanol–water partition coefficient (Wildman–Crippen LogP) is 2.67. The number of aliphatic hydroxyl groups is 1. The molecule has 1 N–H and O–H groups in total. The Morgan fingerprint density at radius 3 is 2.60 bits per heavy atom. The number of hydrogen-bond acceptors (Lipinski definition) is 3. The molecule has 0 saturated carbocycles. The van der Waals surface area contributed by atoms with Crippen molar-refractivity contribution in [3.8, 4) is 5.75 Å². The molecule has 0 bridgehead atoms. The van der Waals surface area contributed by atoms with E-state index in [0.717, 1.165) is 22.4 Å². The van der Waals surface area contributed by atoms with Crippen LogP contribution >= 0.6 is 12.6 Å². The van der Waals surface area contributed by atoms with Crippen LogP contribution in [0, 0.1) is 13.8 Å². The summed E-state index contributed by atoms with van der Waals surface area (Å²) in [6, 6.07) is 4.02. The van der Waals surface area contributed by atoms with Crippen LogP contribution in [0.2, 0.25) is 0 Å². The van der Waals surface area contributed by atoms with Crippen LogP contribution in [-0.2, 0) is 0 Å². The predicted molar refractivity (Wildman–Crippen MR) is 65.9 cm³/mol. The second-order valence-corrected chi connectivity index (χ2v) is 4.18. The average Bonchev–Trinajstić information content (AvgIpc) is 2.17. The van der Waals surface area contributed by atoms with E-state index < -0.39 is 6.10 Å². The zero-order chi connectivity index (χ0) is 11.4. The molecule has 15 heavy (non-hydrogen) atoms. The van der Waals surface area contributed by atoms with E-state index in [9.17, 15) is 5.11 Å². The Morgan fingerprint density at radius 2 is 2.07 bits per heavy atom. The Hall–Kier alpha value is -0.670. The van der Waals surface area contributed by atoms with Crippen LogP contribution in [0.25, 0.3) is 0 Å². The third-order valence-corrected chi connectivity index (χ3v) is 2.67. The molecule has 0 aliphatic rings. The van der Waals surface area contributed by atoms with Crippen molar-refractivity contribution in [3.63, 3.8) is 0 Å². The lowest BCUT2D eigenvalue weighted by Crippen LogP contribution is -2.03. The van der Waals surface area contributed by atoms with Gasteiger partial charge in [-0.2, -0.15) is 12.6 Å². The highest BCUT2D eigenvalue weighted by molar-refractivity contribution is 7.80. The smallest absolute Gasteiger partial charge is 0.127 e. The molecule has 0 aliphatic carbocycles. The maximum Gasteiger partial charge on any atom is 0.127 e. The monoisotopic (exact) mass is 226 g/mol. The lowest BCUT2D eigenvalue weighted by molar-refractivity contribution is 0.170. The van der Waals surface area contributed by atoms with Crippen LogP contribution in [0.4, 0.5) is 0 Å². The van der Waals surface area contributed by atoms with Crippen LogP contribution < -0.4 is 4.74 Å². The number of rotatable bonds is 4. The Bertz CT molecular complexity index is 337. The third kappa shape index (κ3) is 2.89. The van der Waals surface area contributed by atoms with Gasteiger partial charge in [-0.25, -0.2) is 0 Å². The highest BCUT2D eigenvalue weighted by atomic mass is 32.1. The molecule has 3 heteroatoms. The summed E-state index contributed by atoms with van der Waals surface area (Å²) >= 11 is 4.12. The van der Waals surface area contributed by atoms with Gasteiger partial charge in [-0.3, -0.25) is 0 Å². The molecular weight excluding hydrogens is 208 g/mol. The summed E-state index contributed by atoms with van der Waals surface area (Å²) in [5.74, 6) is 1.45. The fourth-order valence-electron chi connectivity index (χ4n) is 1.79. The van der Waals surface area contributed by atoms with Crippen LogP contribution in [0.3, 0.4) is 0 Å². The molecule has 0 saturated heterocycles. The molecule has 2 nitrogen and oxygen atoms in total. The SMILES string of the molecule is COc1c(C)cc(C)cc1C(O)CCS. The Morgan fingerprint density at radius 1 is 1.40 bits per heavy atom. The number of thiol groups is 1. The molecule has 1 aromatic carbocycles. The summed E-state index contributed by atoms with van der Waals surface area (Å²) in [6.45, 7) is 4.01. The molecule has 0 heterocycles. The normalized spacial score (nSPS) is 12.6. The summed E-state index contributed by atoms with van der Waals surface area (Å²) < 4.78 is 5.31. The van der Waals surface area contributed by atoms with Gasteiger partial charge in [0.25, 0.3) is 0 Å². The number of methoxy groups -OCH3 is 1. The molecule has 1 atom stereocenters. The number of hydrogen-bond donors (Lipinski definition) is 2. The molecule has 0 aliphatic heterocycles. The van der Waals surface area contributed by atoms with Crippen LogP contribution in [0.5, 0.6) is 5.75 Å². The van der Waals surface area contributed by atoms with E-state index in [-0.39, 0.29) is 0 Å². The van der Waals surface area contributed by atoms with Crippen LogP contribution in [0.1, 0.15) is 29.2 Å². The van der Waals surface area contributed by atoms with Crippen molar-refractivity contribution in [2.45, 2.75) is 26.4 Å². The second-order valence-electron chi connectivity index (χ2n) is 3.73. The summed E-state index contributed by atoms with van der Waals surface area (Å²) in [6.07, 6.45) is 0.151. The highest BCUT2D eigenvalue weighted by Gasteiger charge is 2.14. The molecule has 0 radical (unpaired) electrons. The maximum absolute atomic E-state index is 9.95. The highest BCUT2D eigenvalue weighted by Crippen LogP contribution is 2.31. The zero-order valence-electron chi connectivity index (χ0n) is 9.45. The van der Waals surface area contributed by atoms with Crippen LogP contribution in [-0.4, -0.2) is 18.0 Å². The lowest BCUT2D eigenvalue weighted by atomic mass is 10.00. The Kier molecular flexibility index (Phi) is 4.48. The van der Waals surface area contributed by atoms with Crippen molar-refractivity contribution in [2.24, 2.45) is 0 Å². The van der Waals surface area contributed by atoms with Crippen molar-refractivity contribution in [1.82, 2.24) is 0 Å². The molecule has 1 unspecified atom stereocenters. The summed E-state index contributed by atoms with van der Waals surface area (Å²) in [5, 5.41) is 9.95. The molecule has 0 amide bonds. The van der Waals surface area contributed by atoms with E-state index in [1.54, 1.807) is 7.11 Å². The van der Waals surface area contributed by atoms with Gasteiger partial charge < -0.3 is 9.84 Å². The summed E-state index contributed by atoms with van der Waals surface area (Å²) in [4.78, 5) is 0. The first-order valence-electron chi connectivity index (χ1n) is 5.04. The minimum absolute atomic E-state index is 0.490. The van der Waals surface area contributed by atoms with Crippen molar-refractivity contribution in [2.75, 3.05) is 12.9 Å². The van der Waals surface area contributed by atoms with Gasteiger partial charge in [0.15, 0.2) is 0 Å². The fraction of sp³-hybridized carbons (Fsp3) is 0.500. The fourth-order valence-corrected chi connectivity index (χ4v) is 2.04. The molecule has 1 aromatic rings. The van der Waals surface area contributed by atoms with Gasteiger partial charge in [0, 0.05) is 5.56 Å². The molecule has 0 fully saturated rings. The van der Waals surface area contributed by atoms with Gasteiger partial charge in [-0.05, 0) is 37.7 Å². The van der Waals surface area contributed by atoms with E-state index in [1.165, 1.54) is 0 Å². The first kappa shape index (κ1) is 12.4. The minimum Gasteiger partial charge on any atom is -0.496 e. The number of benzene rings is 1. The van der Waals surface area contributed by atoms with Crippen molar-refractivity contribution in [1.29, 1.82) is 0 Å². The van der Waals surface area contributed by atoms with Crippen LogP contribution in [0.15, 0.2) is 12.1 Å². The van der Waals surface area contributed by atoms with E-state index in [0.29, 0.717) is 12.2 Å². The maximum atomic E-state index is 9.95. The minimum atomic E-state index is -0.490.